The highest BCUT2D eigenvalue weighted by Gasteiger charge is 2.28. The number of benzene rings is 3. The average molecular weight is 453 g/mol. The van der Waals surface area contributed by atoms with Crippen molar-refractivity contribution in [1.82, 2.24) is 4.90 Å². The molecule has 0 unspecified atom stereocenters. The molecule has 1 saturated heterocycles. The molecule has 34 heavy (non-hydrogen) atoms. The maximum Gasteiger partial charge on any atom is 0.344 e. The Labute approximate surface area is 197 Å². The summed E-state index contributed by atoms with van der Waals surface area (Å²) in [5.74, 6) is -0.171. The molecule has 170 valence electrons. The highest BCUT2D eigenvalue weighted by atomic mass is 16.4. The number of carbonyl (C=O) groups is 2. The van der Waals surface area contributed by atoms with E-state index in [-0.39, 0.29) is 17.5 Å². The maximum atomic E-state index is 13.6. The van der Waals surface area contributed by atoms with E-state index in [1.807, 2.05) is 66.7 Å². The summed E-state index contributed by atoms with van der Waals surface area (Å²) in [4.78, 5) is 41.8. The molecule has 0 N–H and O–H groups in total. The Bertz CT molecular complexity index is 1420. The third-order valence-electron chi connectivity index (χ3n) is 6.30. The van der Waals surface area contributed by atoms with E-state index in [0.29, 0.717) is 48.1 Å². The van der Waals surface area contributed by atoms with Gasteiger partial charge in [-0.2, -0.15) is 0 Å². The van der Waals surface area contributed by atoms with Crippen molar-refractivity contribution in [1.29, 1.82) is 0 Å². The van der Waals surface area contributed by atoms with Crippen LogP contribution in [0.1, 0.15) is 27.8 Å². The van der Waals surface area contributed by atoms with Gasteiger partial charge in [0.1, 0.15) is 0 Å². The van der Waals surface area contributed by atoms with Gasteiger partial charge in [0.2, 0.25) is 5.76 Å². The van der Waals surface area contributed by atoms with Crippen molar-refractivity contribution in [2.45, 2.75) is 6.92 Å². The molecule has 0 aliphatic carbocycles. The summed E-state index contributed by atoms with van der Waals surface area (Å²) in [5, 5.41) is 1.16. The van der Waals surface area contributed by atoms with Crippen LogP contribution in [0, 0.1) is 0 Å². The molecule has 0 spiro atoms. The number of ketones is 1. The lowest BCUT2D eigenvalue weighted by molar-refractivity contribution is 0.0711. The fraction of sp³-hybridized carbons (Fsp3) is 0.179. The Morgan fingerprint density at radius 1 is 0.765 bits per heavy atom. The lowest BCUT2D eigenvalue weighted by atomic mass is 9.98. The fourth-order valence-corrected chi connectivity index (χ4v) is 4.46. The van der Waals surface area contributed by atoms with E-state index in [2.05, 4.69) is 4.90 Å². The largest absolute Gasteiger partial charge is 0.416 e. The molecule has 1 amide bonds. The SMILES string of the molecule is CC(=O)c1ccc(N2CCN(C(=O)c3oc(=O)c4ccccc4c3-c3ccccc3)CC2)cc1. The number of hydrogen-bond donors (Lipinski definition) is 0. The molecular weight excluding hydrogens is 428 g/mol. The molecule has 6 heteroatoms. The second kappa shape index (κ2) is 8.98. The summed E-state index contributed by atoms with van der Waals surface area (Å²) in [6, 6.07) is 24.3. The molecular formula is C28H24N2O4. The molecule has 1 aliphatic heterocycles. The number of piperazine rings is 1. The van der Waals surface area contributed by atoms with Gasteiger partial charge in [-0.15, -0.1) is 0 Å². The highest BCUT2D eigenvalue weighted by molar-refractivity contribution is 6.07. The normalized spacial score (nSPS) is 13.8. The van der Waals surface area contributed by atoms with Crippen LogP contribution in [0.25, 0.3) is 21.9 Å². The van der Waals surface area contributed by atoms with Gasteiger partial charge in [0.05, 0.1) is 5.39 Å². The smallest absolute Gasteiger partial charge is 0.344 e. The van der Waals surface area contributed by atoms with Gasteiger partial charge in [-0.1, -0.05) is 48.5 Å². The zero-order valence-corrected chi connectivity index (χ0v) is 18.9. The first kappa shape index (κ1) is 21.6. The first-order valence-corrected chi connectivity index (χ1v) is 11.3. The summed E-state index contributed by atoms with van der Waals surface area (Å²) in [7, 11) is 0. The standard InChI is InChI=1S/C28H24N2O4/c1-19(31)20-11-13-22(14-12-20)29-15-17-30(18-16-29)27(32)26-25(21-7-3-2-4-8-21)23-9-5-6-10-24(23)28(33)34-26/h2-14H,15-18H2,1H3. The van der Waals surface area contributed by atoms with Crippen LogP contribution in [0.4, 0.5) is 5.69 Å². The van der Waals surface area contributed by atoms with Crippen molar-refractivity contribution in [3.05, 3.63) is 101 Å². The molecule has 1 fully saturated rings. The number of anilines is 1. The Hall–Kier alpha value is -4.19. The molecule has 0 atom stereocenters. The van der Waals surface area contributed by atoms with Crippen molar-refractivity contribution < 1.29 is 14.0 Å². The van der Waals surface area contributed by atoms with Gasteiger partial charge < -0.3 is 14.2 Å². The molecule has 1 aromatic heterocycles. The minimum absolute atomic E-state index is 0.0352. The summed E-state index contributed by atoms with van der Waals surface area (Å²) in [6.45, 7) is 3.83. The van der Waals surface area contributed by atoms with E-state index in [0.717, 1.165) is 11.3 Å². The summed E-state index contributed by atoms with van der Waals surface area (Å²) in [5.41, 5.74) is 2.65. The maximum absolute atomic E-state index is 13.6. The topological polar surface area (TPSA) is 70.8 Å². The summed E-state index contributed by atoms with van der Waals surface area (Å²) >= 11 is 0. The van der Waals surface area contributed by atoms with Crippen LogP contribution >= 0.6 is 0 Å². The van der Waals surface area contributed by atoms with Crippen LogP contribution in [0.5, 0.6) is 0 Å². The zero-order valence-electron chi connectivity index (χ0n) is 18.9. The lowest BCUT2D eigenvalue weighted by Gasteiger charge is -2.36. The molecule has 0 bridgehead atoms. The Balaban J connectivity index is 1.44. The number of hydrogen-bond acceptors (Lipinski definition) is 5. The highest BCUT2D eigenvalue weighted by Crippen LogP contribution is 2.31. The predicted molar refractivity (Wildman–Crippen MR) is 132 cm³/mol. The van der Waals surface area contributed by atoms with Gasteiger partial charge in [-0.3, -0.25) is 9.59 Å². The van der Waals surface area contributed by atoms with Crippen LogP contribution in [0.2, 0.25) is 0 Å². The van der Waals surface area contributed by atoms with Gasteiger partial charge in [0.25, 0.3) is 5.91 Å². The molecule has 2 heterocycles. The molecule has 1 aliphatic rings. The van der Waals surface area contributed by atoms with Crippen molar-refractivity contribution in [3.8, 4) is 11.1 Å². The van der Waals surface area contributed by atoms with Gasteiger partial charge in [0, 0.05) is 48.4 Å². The number of fused-ring (bicyclic) bond motifs is 1. The van der Waals surface area contributed by atoms with E-state index in [4.69, 9.17) is 4.42 Å². The molecule has 0 saturated carbocycles. The number of Topliss-reactive ketones (excluding diaryl/α,β-unsaturated/α-hetero) is 1. The van der Waals surface area contributed by atoms with E-state index < -0.39 is 5.63 Å². The summed E-state index contributed by atoms with van der Waals surface area (Å²) < 4.78 is 5.65. The number of amides is 1. The number of rotatable bonds is 4. The quantitative estimate of drug-likeness (QED) is 0.423. The Kier molecular flexibility index (Phi) is 5.72. The third kappa shape index (κ3) is 3.99. The van der Waals surface area contributed by atoms with Crippen molar-refractivity contribution in [3.63, 3.8) is 0 Å². The van der Waals surface area contributed by atoms with Crippen LogP contribution in [0.15, 0.2) is 88.1 Å². The van der Waals surface area contributed by atoms with Crippen molar-refractivity contribution in [2.75, 3.05) is 31.1 Å². The van der Waals surface area contributed by atoms with Crippen molar-refractivity contribution in [2.24, 2.45) is 0 Å². The van der Waals surface area contributed by atoms with E-state index in [1.54, 1.807) is 24.0 Å². The van der Waals surface area contributed by atoms with Gasteiger partial charge in [0.15, 0.2) is 5.78 Å². The Morgan fingerprint density at radius 3 is 2.03 bits per heavy atom. The van der Waals surface area contributed by atoms with E-state index in [1.165, 1.54) is 0 Å². The lowest BCUT2D eigenvalue weighted by Crippen LogP contribution is -2.49. The minimum atomic E-state index is -0.511. The summed E-state index contributed by atoms with van der Waals surface area (Å²) in [6.07, 6.45) is 0. The second-order valence-corrected chi connectivity index (χ2v) is 8.39. The number of carbonyl (C=O) groups excluding carboxylic acids is 2. The minimum Gasteiger partial charge on any atom is -0.416 e. The van der Waals surface area contributed by atoms with E-state index in [9.17, 15) is 14.4 Å². The molecule has 5 rings (SSSR count). The van der Waals surface area contributed by atoms with Gasteiger partial charge in [-0.25, -0.2) is 4.79 Å². The molecule has 3 aromatic carbocycles. The first-order chi connectivity index (χ1) is 16.5. The average Bonchev–Trinajstić information content (AvgIpc) is 2.89. The number of nitrogens with zero attached hydrogens (tertiary/aromatic N) is 2. The van der Waals surface area contributed by atoms with Crippen LogP contribution < -0.4 is 10.5 Å². The predicted octanol–water partition coefficient (Wildman–Crippen LogP) is 4.63. The molecule has 6 nitrogen and oxygen atoms in total. The third-order valence-corrected chi connectivity index (χ3v) is 6.30. The van der Waals surface area contributed by atoms with Crippen LogP contribution in [0.3, 0.4) is 0 Å². The van der Waals surface area contributed by atoms with Crippen molar-refractivity contribution >= 4 is 28.2 Å². The zero-order chi connectivity index (χ0) is 23.7. The van der Waals surface area contributed by atoms with Gasteiger partial charge in [-0.05, 0) is 42.8 Å². The molecule has 0 radical (unpaired) electrons. The second-order valence-electron chi connectivity index (χ2n) is 8.39. The van der Waals surface area contributed by atoms with Gasteiger partial charge >= 0.3 is 5.63 Å². The van der Waals surface area contributed by atoms with Crippen LogP contribution in [-0.2, 0) is 0 Å². The van der Waals surface area contributed by atoms with Crippen LogP contribution in [-0.4, -0.2) is 42.8 Å². The fourth-order valence-electron chi connectivity index (χ4n) is 4.46. The molecule has 4 aromatic rings. The monoisotopic (exact) mass is 452 g/mol. The van der Waals surface area contributed by atoms with E-state index >= 15 is 0 Å². The Morgan fingerprint density at radius 2 is 1.38 bits per heavy atom. The first-order valence-electron chi connectivity index (χ1n) is 11.3.